The predicted octanol–water partition coefficient (Wildman–Crippen LogP) is 8.94. The molecule has 8 rings (SSSR count). The fourth-order valence-electron chi connectivity index (χ4n) is 6.49. The van der Waals surface area contributed by atoms with Crippen LogP contribution >= 0.6 is 0 Å². The van der Waals surface area contributed by atoms with Gasteiger partial charge >= 0.3 is 0 Å². The Bertz CT molecular complexity index is 2430. The quantitative estimate of drug-likeness (QED) is 0.189. The van der Waals surface area contributed by atoms with E-state index in [4.69, 9.17) is 9.10 Å². The number of aromatic nitrogens is 4. The minimum atomic E-state index is -2.29. The molecule has 3 aromatic heterocycles. The van der Waals surface area contributed by atoms with Crippen LogP contribution < -0.4 is 4.57 Å². The molecule has 8 aromatic rings. The number of para-hydroxylation sites is 3. The summed E-state index contributed by atoms with van der Waals surface area (Å²) >= 11 is 0. The first-order valence-corrected chi connectivity index (χ1v) is 14.9. The van der Waals surface area contributed by atoms with Crippen molar-refractivity contribution < 1.29 is 8.68 Å². The lowest BCUT2D eigenvalue weighted by molar-refractivity contribution is -0.645. The largest absolute Gasteiger partial charge is 0.294 e. The highest BCUT2D eigenvalue weighted by Gasteiger charge is 2.26. The van der Waals surface area contributed by atoms with Gasteiger partial charge in [0, 0.05) is 22.4 Å². The van der Waals surface area contributed by atoms with E-state index >= 15 is 0 Å². The minimum absolute atomic E-state index is 0.367. The maximum absolute atomic E-state index is 8.10. The zero-order valence-corrected chi connectivity index (χ0v) is 24.6. The molecule has 0 aliphatic carbocycles. The molecule has 0 amide bonds. The van der Waals surface area contributed by atoms with E-state index in [0.717, 1.165) is 44.7 Å². The third kappa shape index (κ3) is 4.14. The molecule has 4 nitrogen and oxygen atoms in total. The monoisotopic (exact) mass is 572 g/mol. The fraction of sp³-hybridized carbons (Fsp3) is 0.100. The molecular weight excluding hydrogens is 536 g/mol. The molecule has 5 aromatic carbocycles. The molecule has 0 bridgehead atoms. The predicted molar refractivity (Wildman–Crippen MR) is 181 cm³/mol. The number of rotatable bonds is 5. The van der Waals surface area contributed by atoms with Crippen molar-refractivity contribution in [3.63, 3.8) is 0 Å². The van der Waals surface area contributed by atoms with Gasteiger partial charge in [-0.05, 0) is 70.8 Å². The summed E-state index contributed by atoms with van der Waals surface area (Å²) in [7, 11) is 0. The summed E-state index contributed by atoms with van der Waals surface area (Å²) < 4.78 is 29.9. The van der Waals surface area contributed by atoms with Gasteiger partial charge < -0.3 is 0 Å². The lowest BCUT2D eigenvalue weighted by atomic mass is 9.77. The van der Waals surface area contributed by atoms with Crippen LogP contribution in [0.25, 0.3) is 55.5 Å². The Balaban J connectivity index is 1.27. The molecule has 0 N–H and O–H groups in total. The van der Waals surface area contributed by atoms with E-state index in [-0.39, 0.29) is 5.41 Å². The number of hydrogen-bond acceptors (Lipinski definition) is 1. The average Bonchev–Trinajstić information content (AvgIpc) is 3.65. The minimum Gasteiger partial charge on any atom is -0.294 e. The molecule has 0 unspecified atom stereocenters. The number of pyridine rings is 1. The third-order valence-electron chi connectivity index (χ3n) is 8.95. The van der Waals surface area contributed by atoms with Crippen LogP contribution in [0, 0.1) is 0 Å². The van der Waals surface area contributed by atoms with Gasteiger partial charge in [0.1, 0.15) is 11.5 Å². The first kappa shape index (κ1) is 23.0. The average molecular weight is 573 g/mol. The van der Waals surface area contributed by atoms with Crippen LogP contribution in [-0.2, 0) is 12.4 Å². The van der Waals surface area contributed by atoms with Crippen molar-refractivity contribution >= 4 is 32.8 Å². The third-order valence-corrected chi connectivity index (χ3v) is 8.95. The second kappa shape index (κ2) is 10.1. The van der Waals surface area contributed by atoms with E-state index in [1.54, 1.807) is 6.33 Å². The standard InChI is InChI=1S/C40H33N4/c1-40(2,30-14-11-15-32(25-30)43-27-42(3)36-18-9-10-19-37(36)43)31-20-21-34-33-16-7-8-17-35(33)44(38(34)26-31)39-24-29(22-23-41-39)28-12-5-4-6-13-28/h4-27H,1-3H3/q+1/i3D3. The number of imidazole rings is 1. The topological polar surface area (TPSA) is 26.6 Å². The highest BCUT2D eigenvalue weighted by atomic mass is 15.1. The number of nitrogens with zero attached hydrogens (tertiary/aromatic N) is 4. The molecule has 0 radical (unpaired) electrons. The van der Waals surface area contributed by atoms with Crippen LogP contribution in [0.1, 0.15) is 29.1 Å². The zero-order valence-electron chi connectivity index (χ0n) is 27.6. The van der Waals surface area contributed by atoms with Gasteiger partial charge in [-0.1, -0.05) is 98.8 Å². The molecule has 212 valence electrons. The Morgan fingerprint density at radius 3 is 2.25 bits per heavy atom. The van der Waals surface area contributed by atoms with Gasteiger partial charge in [0.25, 0.3) is 0 Å². The highest BCUT2D eigenvalue weighted by molar-refractivity contribution is 6.09. The summed E-state index contributed by atoms with van der Waals surface area (Å²) in [5.74, 6) is 0.872. The second-order valence-electron chi connectivity index (χ2n) is 11.9. The first-order valence-electron chi connectivity index (χ1n) is 16.4. The Hall–Kier alpha value is -5.48. The van der Waals surface area contributed by atoms with Gasteiger partial charge in [-0.3, -0.25) is 4.57 Å². The maximum Gasteiger partial charge on any atom is 0.249 e. The second-order valence-corrected chi connectivity index (χ2v) is 11.9. The molecule has 4 heteroatoms. The maximum atomic E-state index is 8.10. The van der Waals surface area contributed by atoms with Gasteiger partial charge in [0.15, 0.2) is 11.0 Å². The molecule has 0 saturated heterocycles. The van der Waals surface area contributed by atoms with Crippen LogP contribution in [0.5, 0.6) is 0 Å². The first-order chi connectivity index (χ1) is 22.7. The zero-order chi connectivity index (χ0) is 32.3. The number of hydrogen-bond donors (Lipinski definition) is 0. The smallest absolute Gasteiger partial charge is 0.249 e. The van der Waals surface area contributed by atoms with E-state index in [2.05, 4.69) is 115 Å². The van der Waals surface area contributed by atoms with E-state index in [1.165, 1.54) is 20.9 Å². The normalized spacial score (nSPS) is 13.3. The van der Waals surface area contributed by atoms with E-state index in [1.807, 2.05) is 47.2 Å². The van der Waals surface area contributed by atoms with Gasteiger partial charge in [-0.2, -0.15) is 4.57 Å². The Morgan fingerprint density at radius 1 is 0.636 bits per heavy atom. The Morgan fingerprint density at radius 2 is 1.39 bits per heavy atom. The van der Waals surface area contributed by atoms with Gasteiger partial charge in [-0.15, -0.1) is 0 Å². The van der Waals surface area contributed by atoms with Gasteiger partial charge in [0.05, 0.1) is 22.1 Å². The van der Waals surface area contributed by atoms with Gasteiger partial charge in [0.2, 0.25) is 6.33 Å². The summed E-state index contributed by atoms with van der Waals surface area (Å²) in [5, 5.41) is 2.36. The van der Waals surface area contributed by atoms with Crippen molar-refractivity contribution in [2.24, 2.45) is 6.98 Å². The lowest BCUT2D eigenvalue weighted by Crippen LogP contribution is -2.25. The molecule has 0 atom stereocenters. The SMILES string of the molecule is [2H]C([2H])([2H])[n+]1cn(-c2cccc(C(C)(C)c3ccc4c5ccccc5n(-c5cc(-c6ccccc6)ccn5)c4c3)c2)c2ccccc21. The van der Waals surface area contributed by atoms with Crippen molar-refractivity contribution in [1.82, 2.24) is 14.1 Å². The van der Waals surface area contributed by atoms with Crippen molar-refractivity contribution in [1.29, 1.82) is 0 Å². The van der Waals surface area contributed by atoms with Crippen LogP contribution in [0.4, 0.5) is 0 Å². The van der Waals surface area contributed by atoms with Crippen molar-refractivity contribution in [3.05, 3.63) is 157 Å². The summed E-state index contributed by atoms with van der Waals surface area (Å²) in [5.41, 5.74) is 8.82. The number of fused-ring (bicyclic) bond motifs is 4. The molecule has 0 spiro atoms. The molecule has 0 aliphatic heterocycles. The molecule has 3 heterocycles. The van der Waals surface area contributed by atoms with Crippen molar-refractivity contribution in [2.45, 2.75) is 19.3 Å². The molecule has 0 aliphatic rings. The van der Waals surface area contributed by atoms with Crippen LogP contribution in [0.15, 0.2) is 146 Å². The van der Waals surface area contributed by atoms with E-state index < -0.39 is 6.98 Å². The summed E-state index contributed by atoms with van der Waals surface area (Å²) in [6, 6.07) is 45.9. The fourth-order valence-corrected chi connectivity index (χ4v) is 6.49. The van der Waals surface area contributed by atoms with Crippen molar-refractivity contribution in [2.75, 3.05) is 0 Å². The van der Waals surface area contributed by atoms with Gasteiger partial charge in [-0.25, -0.2) is 9.55 Å². The van der Waals surface area contributed by atoms with Crippen molar-refractivity contribution in [3.8, 4) is 22.6 Å². The highest BCUT2D eigenvalue weighted by Crippen LogP contribution is 2.38. The van der Waals surface area contributed by atoms with Crippen LogP contribution in [0.3, 0.4) is 0 Å². The van der Waals surface area contributed by atoms with E-state index in [0.29, 0.717) is 5.52 Å². The summed E-state index contributed by atoms with van der Waals surface area (Å²) in [6.45, 7) is 2.20. The number of aryl methyl sites for hydroxylation is 1. The van der Waals surface area contributed by atoms with Crippen LogP contribution in [0.2, 0.25) is 0 Å². The van der Waals surface area contributed by atoms with E-state index in [9.17, 15) is 0 Å². The molecule has 0 fully saturated rings. The molecular formula is C40H33N4+. The summed E-state index contributed by atoms with van der Waals surface area (Å²) in [6.07, 6.45) is 3.57. The lowest BCUT2D eigenvalue weighted by Gasteiger charge is -2.26. The Labute approximate surface area is 261 Å². The number of benzene rings is 5. The molecule has 44 heavy (non-hydrogen) atoms. The van der Waals surface area contributed by atoms with Crippen LogP contribution in [-0.4, -0.2) is 14.1 Å². The molecule has 0 saturated carbocycles. The Kier molecular flexibility index (Phi) is 5.27. The summed E-state index contributed by atoms with van der Waals surface area (Å²) in [4.78, 5) is 4.87.